The summed E-state index contributed by atoms with van der Waals surface area (Å²) in [6.07, 6.45) is 0. The summed E-state index contributed by atoms with van der Waals surface area (Å²) < 4.78 is 23.0. The Labute approximate surface area is 117 Å². The number of hydrogen-bond acceptors (Lipinski definition) is 7. The van der Waals surface area contributed by atoms with Gasteiger partial charge in [0.15, 0.2) is 0 Å². The third kappa shape index (κ3) is 3.38. The van der Waals surface area contributed by atoms with Crippen molar-refractivity contribution in [2.24, 2.45) is 5.14 Å². The van der Waals surface area contributed by atoms with Crippen LogP contribution in [0.1, 0.15) is 5.56 Å². The summed E-state index contributed by atoms with van der Waals surface area (Å²) in [6.45, 7) is -0.171. The summed E-state index contributed by atoms with van der Waals surface area (Å²) in [6, 6.07) is 2.65. The highest BCUT2D eigenvalue weighted by Crippen LogP contribution is 2.28. The molecule has 0 atom stereocenters. The van der Waals surface area contributed by atoms with Crippen LogP contribution in [0.5, 0.6) is 0 Å². The van der Waals surface area contributed by atoms with Gasteiger partial charge in [0.25, 0.3) is 0 Å². The maximum Gasteiger partial charge on any atom is 0.238 e. The van der Waals surface area contributed by atoms with Crippen LogP contribution in [0.4, 0.5) is 11.4 Å². The molecular weight excluding hydrogens is 286 g/mol. The van der Waals surface area contributed by atoms with E-state index >= 15 is 0 Å². The van der Waals surface area contributed by atoms with Crippen LogP contribution in [0, 0.1) is 6.92 Å². The van der Waals surface area contributed by atoms with Gasteiger partial charge in [0.2, 0.25) is 10.0 Å². The van der Waals surface area contributed by atoms with E-state index in [4.69, 9.17) is 10.9 Å². The molecule has 0 aromatic heterocycles. The van der Waals surface area contributed by atoms with Crippen LogP contribution in [0.15, 0.2) is 17.0 Å². The molecule has 0 saturated carbocycles. The topological polar surface area (TPSA) is 159 Å². The fraction of sp³-hybridized carbons (Fsp3) is 0.455. The molecule has 1 aromatic rings. The highest BCUT2D eigenvalue weighted by Gasteiger charge is 2.29. The largest absolute Gasteiger partial charge is 0.399 e. The lowest BCUT2D eigenvalue weighted by molar-refractivity contribution is 0.0833. The molecule has 0 saturated heterocycles. The van der Waals surface area contributed by atoms with Gasteiger partial charge in [0, 0.05) is 11.4 Å². The van der Waals surface area contributed by atoms with E-state index in [0.717, 1.165) is 0 Å². The van der Waals surface area contributed by atoms with Crippen molar-refractivity contribution in [2.75, 3.05) is 30.9 Å². The number of aliphatic hydroxyl groups excluding tert-OH is 3. The van der Waals surface area contributed by atoms with Gasteiger partial charge >= 0.3 is 0 Å². The molecule has 0 heterocycles. The molecule has 8 nitrogen and oxygen atoms in total. The minimum absolute atomic E-state index is 0.143. The lowest BCUT2D eigenvalue weighted by Gasteiger charge is -2.31. The fourth-order valence-electron chi connectivity index (χ4n) is 1.69. The molecule has 0 bridgehead atoms. The summed E-state index contributed by atoms with van der Waals surface area (Å²) in [5.41, 5.74) is 4.90. The first-order valence-electron chi connectivity index (χ1n) is 5.73. The van der Waals surface area contributed by atoms with Crippen molar-refractivity contribution < 1.29 is 23.7 Å². The standard InChI is InChI=1S/C11H19N3O5S/c1-7-9(14-11(4-15,5-16)6-17)2-8(12)3-10(7)20(13,18)19/h2-3,14-17H,4-6,12H2,1H3,(H2,13,18,19). The first kappa shape index (κ1) is 16.7. The number of nitrogens with one attached hydrogen (secondary N) is 1. The van der Waals surface area contributed by atoms with Gasteiger partial charge < -0.3 is 26.4 Å². The summed E-state index contributed by atoms with van der Waals surface area (Å²) in [5.74, 6) is 0. The number of aliphatic hydroxyl groups is 3. The van der Waals surface area contributed by atoms with Gasteiger partial charge in [-0.15, -0.1) is 0 Å². The number of nitrogen functional groups attached to an aromatic ring is 1. The summed E-state index contributed by atoms with van der Waals surface area (Å²) >= 11 is 0. The van der Waals surface area contributed by atoms with E-state index in [-0.39, 0.29) is 21.8 Å². The number of benzene rings is 1. The van der Waals surface area contributed by atoms with Crippen molar-refractivity contribution in [1.82, 2.24) is 0 Å². The third-order valence-corrected chi connectivity index (χ3v) is 4.03. The lowest BCUT2D eigenvalue weighted by Crippen LogP contribution is -2.49. The van der Waals surface area contributed by atoms with E-state index in [1.165, 1.54) is 19.1 Å². The zero-order chi connectivity index (χ0) is 15.6. The number of nitrogens with two attached hydrogens (primary N) is 2. The van der Waals surface area contributed by atoms with Crippen LogP contribution in [-0.4, -0.2) is 49.1 Å². The van der Waals surface area contributed by atoms with Gasteiger partial charge in [-0.2, -0.15) is 0 Å². The van der Waals surface area contributed by atoms with Crippen LogP contribution in [0.3, 0.4) is 0 Å². The Hall–Kier alpha value is -1.39. The highest BCUT2D eigenvalue weighted by atomic mass is 32.2. The number of anilines is 2. The predicted octanol–water partition coefficient (Wildman–Crippen LogP) is -1.65. The molecular formula is C11H19N3O5S. The molecule has 0 spiro atoms. The molecule has 1 aromatic carbocycles. The molecule has 0 aliphatic rings. The molecule has 0 unspecified atom stereocenters. The van der Waals surface area contributed by atoms with E-state index in [2.05, 4.69) is 5.32 Å². The molecule has 8 N–H and O–H groups in total. The van der Waals surface area contributed by atoms with Gasteiger partial charge in [0.05, 0.1) is 24.7 Å². The zero-order valence-corrected chi connectivity index (χ0v) is 11.8. The second-order valence-corrected chi connectivity index (χ2v) is 6.15. The highest BCUT2D eigenvalue weighted by molar-refractivity contribution is 7.89. The second-order valence-electron chi connectivity index (χ2n) is 4.62. The molecule has 0 amide bonds. The molecule has 0 aliphatic carbocycles. The third-order valence-electron chi connectivity index (χ3n) is 3.00. The molecule has 0 aliphatic heterocycles. The van der Waals surface area contributed by atoms with Crippen LogP contribution in [0.2, 0.25) is 0 Å². The maximum absolute atomic E-state index is 11.5. The van der Waals surface area contributed by atoms with Crippen LogP contribution >= 0.6 is 0 Å². The van der Waals surface area contributed by atoms with Crippen molar-refractivity contribution in [3.05, 3.63) is 17.7 Å². The Morgan fingerprint density at radius 1 is 1.20 bits per heavy atom. The molecule has 9 heteroatoms. The summed E-state index contributed by atoms with van der Waals surface area (Å²) in [4.78, 5) is -0.164. The van der Waals surface area contributed by atoms with Crippen molar-refractivity contribution in [3.63, 3.8) is 0 Å². The van der Waals surface area contributed by atoms with Gasteiger partial charge in [-0.05, 0) is 24.6 Å². The average Bonchev–Trinajstić information content (AvgIpc) is 2.38. The number of primary sulfonamides is 1. The minimum atomic E-state index is -3.96. The van der Waals surface area contributed by atoms with Crippen molar-refractivity contribution in [3.8, 4) is 0 Å². The normalized spacial score (nSPS) is 12.4. The van der Waals surface area contributed by atoms with E-state index in [9.17, 15) is 23.7 Å². The van der Waals surface area contributed by atoms with E-state index in [1.807, 2.05) is 0 Å². The monoisotopic (exact) mass is 305 g/mol. The fourth-order valence-corrected chi connectivity index (χ4v) is 2.53. The van der Waals surface area contributed by atoms with Gasteiger partial charge in [-0.3, -0.25) is 0 Å². The summed E-state index contributed by atoms with van der Waals surface area (Å²) in [7, 11) is -3.96. The molecule has 20 heavy (non-hydrogen) atoms. The minimum Gasteiger partial charge on any atom is -0.399 e. The smallest absolute Gasteiger partial charge is 0.238 e. The molecule has 0 fully saturated rings. The second kappa shape index (κ2) is 5.94. The quantitative estimate of drug-likeness (QED) is 0.343. The Kier molecular flexibility index (Phi) is 4.95. The zero-order valence-electron chi connectivity index (χ0n) is 11.0. The van der Waals surface area contributed by atoms with Crippen LogP contribution in [0.25, 0.3) is 0 Å². The van der Waals surface area contributed by atoms with Gasteiger partial charge in [-0.25, -0.2) is 13.6 Å². The SMILES string of the molecule is Cc1c(NC(CO)(CO)CO)cc(N)cc1S(N)(=O)=O. The number of hydrogen-bond donors (Lipinski definition) is 6. The lowest BCUT2D eigenvalue weighted by atomic mass is 10.0. The van der Waals surface area contributed by atoms with Crippen molar-refractivity contribution in [2.45, 2.75) is 17.4 Å². The number of rotatable bonds is 6. The predicted molar refractivity (Wildman–Crippen MR) is 74.6 cm³/mol. The average molecular weight is 305 g/mol. The van der Waals surface area contributed by atoms with Gasteiger partial charge in [-0.1, -0.05) is 0 Å². The Morgan fingerprint density at radius 3 is 2.10 bits per heavy atom. The van der Waals surface area contributed by atoms with E-state index in [1.54, 1.807) is 0 Å². The van der Waals surface area contributed by atoms with Crippen molar-refractivity contribution in [1.29, 1.82) is 0 Å². The molecule has 1 rings (SSSR count). The Bertz CT molecular complexity index is 576. The van der Waals surface area contributed by atoms with Crippen LogP contribution < -0.4 is 16.2 Å². The molecule has 0 radical (unpaired) electrons. The Balaban J connectivity index is 3.37. The first-order valence-corrected chi connectivity index (χ1v) is 7.27. The van der Waals surface area contributed by atoms with E-state index < -0.39 is 35.4 Å². The number of sulfonamides is 1. The summed E-state index contributed by atoms with van der Waals surface area (Å²) in [5, 5.41) is 35.6. The van der Waals surface area contributed by atoms with Crippen molar-refractivity contribution >= 4 is 21.4 Å². The Morgan fingerprint density at radius 2 is 1.70 bits per heavy atom. The van der Waals surface area contributed by atoms with E-state index in [0.29, 0.717) is 0 Å². The first-order chi connectivity index (χ1) is 9.19. The van der Waals surface area contributed by atoms with Crippen LogP contribution in [-0.2, 0) is 10.0 Å². The van der Waals surface area contributed by atoms with Gasteiger partial charge in [0.1, 0.15) is 5.54 Å². The maximum atomic E-state index is 11.5. The molecule has 114 valence electrons.